The Morgan fingerprint density at radius 3 is 2.11 bits per heavy atom. The summed E-state index contributed by atoms with van der Waals surface area (Å²) in [5.74, 6) is 0.250. The first-order valence-corrected chi connectivity index (χ1v) is 7.64. The van der Waals surface area contributed by atoms with Crippen molar-refractivity contribution in [2.45, 2.75) is 71.6 Å². The van der Waals surface area contributed by atoms with Crippen LogP contribution in [0.15, 0.2) is 0 Å². The average molecular weight is 257 g/mol. The predicted octanol–water partition coefficient (Wildman–Crippen LogP) is 3.36. The molecule has 0 unspecified atom stereocenters. The molecular formula is C15H31NO2. The molecule has 0 saturated heterocycles. The van der Waals surface area contributed by atoms with Crippen LogP contribution in [0, 0.1) is 0 Å². The molecule has 1 N–H and O–H groups in total. The van der Waals surface area contributed by atoms with Crippen LogP contribution in [0.5, 0.6) is 0 Å². The summed E-state index contributed by atoms with van der Waals surface area (Å²) in [5.41, 5.74) is 0. The summed E-state index contributed by atoms with van der Waals surface area (Å²) < 4.78 is 0. The number of nitrogens with zero attached hydrogens (tertiary/aromatic N) is 1. The quantitative estimate of drug-likeness (QED) is 0.545. The van der Waals surface area contributed by atoms with Gasteiger partial charge in [0.05, 0.1) is 0 Å². The summed E-state index contributed by atoms with van der Waals surface area (Å²) in [6.45, 7) is 5.85. The van der Waals surface area contributed by atoms with E-state index >= 15 is 0 Å². The topological polar surface area (TPSA) is 40.5 Å². The molecule has 0 aromatic heterocycles. The fourth-order valence-electron chi connectivity index (χ4n) is 2.11. The first-order chi connectivity index (χ1) is 8.76. The summed E-state index contributed by atoms with van der Waals surface area (Å²) >= 11 is 0. The maximum absolute atomic E-state index is 11.9. The lowest BCUT2D eigenvalue weighted by atomic mass is 10.1. The van der Waals surface area contributed by atoms with Crippen LogP contribution in [0.4, 0.5) is 0 Å². The minimum atomic E-state index is 0.168. The highest BCUT2D eigenvalue weighted by Gasteiger charge is 2.09. The number of hydrogen-bond acceptors (Lipinski definition) is 2. The Bertz CT molecular complexity index is 195. The summed E-state index contributed by atoms with van der Waals surface area (Å²) in [5, 5.41) is 8.77. The lowest BCUT2D eigenvalue weighted by Gasteiger charge is -2.20. The Labute approximate surface area is 113 Å². The first kappa shape index (κ1) is 17.4. The summed E-state index contributed by atoms with van der Waals surface area (Å²) in [6, 6.07) is 0. The predicted molar refractivity (Wildman–Crippen MR) is 76.6 cm³/mol. The van der Waals surface area contributed by atoms with Gasteiger partial charge in [-0.1, -0.05) is 45.4 Å². The second-order valence-electron chi connectivity index (χ2n) is 4.92. The molecule has 0 spiro atoms. The molecule has 0 radical (unpaired) electrons. The van der Waals surface area contributed by atoms with Crippen molar-refractivity contribution >= 4 is 5.91 Å². The van der Waals surface area contributed by atoms with E-state index in [1.54, 1.807) is 0 Å². The molecule has 0 fully saturated rings. The molecule has 0 aliphatic carbocycles. The molecule has 0 aliphatic rings. The molecule has 108 valence electrons. The molecule has 3 heteroatoms. The van der Waals surface area contributed by atoms with Crippen molar-refractivity contribution in [1.29, 1.82) is 0 Å². The third-order valence-corrected chi connectivity index (χ3v) is 3.31. The molecule has 0 rings (SSSR count). The van der Waals surface area contributed by atoms with Gasteiger partial charge in [0, 0.05) is 26.1 Å². The van der Waals surface area contributed by atoms with Crippen LogP contribution in [0.25, 0.3) is 0 Å². The van der Waals surface area contributed by atoms with Crippen LogP contribution in [-0.2, 0) is 4.79 Å². The van der Waals surface area contributed by atoms with Gasteiger partial charge in [0.25, 0.3) is 0 Å². The Kier molecular flexibility index (Phi) is 12.5. The van der Waals surface area contributed by atoms with Crippen molar-refractivity contribution < 1.29 is 9.90 Å². The van der Waals surface area contributed by atoms with Gasteiger partial charge < -0.3 is 10.0 Å². The summed E-state index contributed by atoms with van der Waals surface area (Å²) in [6.07, 6.45) is 10.1. The monoisotopic (exact) mass is 257 g/mol. The molecule has 0 saturated carbocycles. The second-order valence-corrected chi connectivity index (χ2v) is 4.92. The van der Waals surface area contributed by atoms with Crippen molar-refractivity contribution in [3.05, 3.63) is 0 Å². The van der Waals surface area contributed by atoms with Crippen molar-refractivity contribution in [3.8, 4) is 0 Å². The van der Waals surface area contributed by atoms with Crippen molar-refractivity contribution in [3.63, 3.8) is 0 Å². The smallest absolute Gasteiger partial charge is 0.222 e. The summed E-state index contributed by atoms with van der Waals surface area (Å²) in [4.78, 5) is 13.7. The van der Waals surface area contributed by atoms with Crippen LogP contribution < -0.4 is 0 Å². The van der Waals surface area contributed by atoms with E-state index in [1.165, 1.54) is 38.5 Å². The van der Waals surface area contributed by atoms with E-state index in [0.29, 0.717) is 19.4 Å². The van der Waals surface area contributed by atoms with Gasteiger partial charge in [-0.25, -0.2) is 0 Å². The van der Waals surface area contributed by atoms with Gasteiger partial charge in [-0.05, 0) is 19.8 Å². The van der Waals surface area contributed by atoms with Gasteiger partial charge in [0.2, 0.25) is 5.91 Å². The molecular weight excluding hydrogens is 226 g/mol. The van der Waals surface area contributed by atoms with Crippen LogP contribution in [0.3, 0.4) is 0 Å². The van der Waals surface area contributed by atoms with Crippen molar-refractivity contribution in [1.82, 2.24) is 4.90 Å². The van der Waals surface area contributed by atoms with Gasteiger partial charge in [-0.2, -0.15) is 0 Å². The summed E-state index contributed by atoms with van der Waals surface area (Å²) in [7, 11) is 0. The zero-order chi connectivity index (χ0) is 13.6. The van der Waals surface area contributed by atoms with Crippen LogP contribution in [0.2, 0.25) is 0 Å². The molecule has 18 heavy (non-hydrogen) atoms. The van der Waals surface area contributed by atoms with Gasteiger partial charge >= 0.3 is 0 Å². The van der Waals surface area contributed by atoms with Crippen LogP contribution >= 0.6 is 0 Å². The molecule has 0 aliphatic heterocycles. The Balaban J connectivity index is 3.49. The van der Waals surface area contributed by atoms with Gasteiger partial charge in [-0.15, -0.1) is 0 Å². The third kappa shape index (κ3) is 9.46. The highest BCUT2D eigenvalue weighted by molar-refractivity contribution is 5.76. The minimum absolute atomic E-state index is 0.168. The molecule has 0 atom stereocenters. The molecule has 0 aromatic rings. The number of aliphatic hydroxyl groups is 1. The van der Waals surface area contributed by atoms with E-state index in [4.69, 9.17) is 5.11 Å². The van der Waals surface area contributed by atoms with Crippen molar-refractivity contribution in [2.75, 3.05) is 19.7 Å². The Morgan fingerprint density at radius 2 is 1.56 bits per heavy atom. The maximum Gasteiger partial charge on any atom is 0.222 e. The van der Waals surface area contributed by atoms with E-state index < -0.39 is 0 Å². The zero-order valence-corrected chi connectivity index (χ0v) is 12.3. The molecule has 3 nitrogen and oxygen atoms in total. The van der Waals surface area contributed by atoms with Gasteiger partial charge in [0.15, 0.2) is 0 Å². The molecule has 0 aromatic carbocycles. The van der Waals surface area contributed by atoms with Crippen LogP contribution in [0.1, 0.15) is 71.6 Å². The fraction of sp³-hybridized carbons (Fsp3) is 0.933. The molecule has 1 amide bonds. The van der Waals surface area contributed by atoms with Gasteiger partial charge in [0.1, 0.15) is 0 Å². The fourth-order valence-corrected chi connectivity index (χ4v) is 2.11. The number of carbonyl (C=O) groups excluding carboxylic acids is 1. The lowest BCUT2D eigenvalue weighted by Crippen LogP contribution is -2.31. The van der Waals surface area contributed by atoms with Crippen LogP contribution in [-0.4, -0.2) is 35.6 Å². The van der Waals surface area contributed by atoms with E-state index in [-0.39, 0.29) is 12.5 Å². The molecule has 0 bridgehead atoms. The highest BCUT2D eigenvalue weighted by Crippen LogP contribution is 2.09. The largest absolute Gasteiger partial charge is 0.396 e. The standard InChI is InChI=1S/C15H31NO2/c1-3-5-6-7-8-9-10-12-15(18)16(4-2)13-11-14-17/h17H,3-14H2,1-2H3. The van der Waals surface area contributed by atoms with E-state index in [1.807, 2.05) is 11.8 Å². The second kappa shape index (κ2) is 12.9. The van der Waals surface area contributed by atoms with E-state index in [9.17, 15) is 4.79 Å². The minimum Gasteiger partial charge on any atom is -0.396 e. The lowest BCUT2D eigenvalue weighted by molar-refractivity contribution is -0.131. The number of rotatable bonds is 12. The number of carbonyl (C=O) groups is 1. The van der Waals surface area contributed by atoms with E-state index in [2.05, 4.69) is 6.92 Å². The third-order valence-electron chi connectivity index (χ3n) is 3.31. The normalized spacial score (nSPS) is 10.6. The number of amides is 1. The first-order valence-electron chi connectivity index (χ1n) is 7.64. The van der Waals surface area contributed by atoms with Crippen molar-refractivity contribution in [2.24, 2.45) is 0 Å². The number of unbranched alkanes of at least 4 members (excludes halogenated alkanes) is 6. The number of aliphatic hydroxyl groups excluding tert-OH is 1. The zero-order valence-electron chi connectivity index (χ0n) is 12.3. The Hall–Kier alpha value is -0.570. The average Bonchev–Trinajstić information content (AvgIpc) is 2.38. The SMILES string of the molecule is CCCCCCCCCC(=O)N(CC)CCCO. The Morgan fingerprint density at radius 1 is 0.944 bits per heavy atom. The molecule has 0 heterocycles. The van der Waals surface area contributed by atoms with E-state index in [0.717, 1.165) is 13.0 Å². The van der Waals surface area contributed by atoms with Gasteiger partial charge in [-0.3, -0.25) is 4.79 Å². The maximum atomic E-state index is 11.9. The number of hydrogen-bond donors (Lipinski definition) is 1. The highest BCUT2D eigenvalue weighted by atomic mass is 16.3.